The van der Waals surface area contributed by atoms with Crippen molar-refractivity contribution in [1.82, 2.24) is 9.97 Å². The maximum absolute atomic E-state index is 11.5. The number of nitrogens with one attached hydrogen (secondary N) is 1. The molecule has 0 atom stereocenters. The Balaban J connectivity index is 1.99. The molecular formula is C16H10BrClN2O3S. The Kier molecular flexibility index (Phi) is 4.84. The van der Waals surface area contributed by atoms with Gasteiger partial charge in [0.1, 0.15) is 10.7 Å². The number of phenolic OH excluding ortho intramolecular Hbond substituents is 1. The number of nitrogens with zero attached hydrogens (tertiary/aromatic N) is 1. The number of aromatic hydroxyl groups is 1. The van der Waals surface area contributed by atoms with Crippen molar-refractivity contribution < 1.29 is 15.0 Å². The van der Waals surface area contributed by atoms with Crippen LogP contribution in [0.5, 0.6) is 5.75 Å². The molecule has 8 heteroatoms. The summed E-state index contributed by atoms with van der Waals surface area (Å²) in [5.74, 6) is -1.31. The lowest BCUT2D eigenvalue weighted by molar-refractivity contribution is -0.131. The van der Waals surface area contributed by atoms with E-state index < -0.39 is 5.97 Å². The second-order valence-electron chi connectivity index (χ2n) is 4.80. The third-order valence-electron chi connectivity index (χ3n) is 3.13. The van der Waals surface area contributed by atoms with Gasteiger partial charge >= 0.3 is 5.97 Å². The fraction of sp³-hybridized carbons (Fsp3) is 0. The van der Waals surface area contributed by atoms with Crippen LogP contribution in [0.4, 0.5) is 0 Å². The third kappa shape index (κ3) is 3.58. The fourth-order valence-electron chi connectivity index (χ4n) is 2.05. The van der Waals surface area contributed by atoms with Crippen molar-refractivity contribution >= 4 is 62.4 Å². The molecule has 5 nitrogen and oxygen atoms in total. The number of benzene rings is 2. The Morgan fingerprint density at radius 1 is 1.33 bits per heavy atom. The second kappa shape index (κ2) is 6.88. The third-order valence-corrected chi connectivity index (χ3v) is 4.77. The Bertz CT molecular complexity index is 938. The van der Waals surface area contributed by atoms with E-state index in [1.54, 1.807) is 6.07 Å². The van der Waals surface area contributed by atoms with Gasteiger partial charge in [-0.1, -0.05) is 39.7 Å². The largest absolute Gasteiger partial charge is 0.506 e. The number of H-pyrrole nitrogens is 1. The molecule has 1 aromatic heterocycles. The number of thioether (sulfide) groups is 1. The summed E-state index contributed by atoms with van der Waals surface area (Å²) < 4.78 is 0.634. The molecule has 0 aliphatic carbocycles. The number of rotatable bonds is 4. The quantitative estimate of drug-likeness (QED) is 0.409. The number of aromatic nitrogens is 2. The predicted octanol–water partition coefficient (Wildman–Crippen LogP) is 4.90. The second-order valence-corrected chi connectivity index (χ2v) is 7.15. The van der Waals surface area contributed by atoms with Crippen LogP contribution < -0.4 is 0 Å². The van der Waals surface area contributed by atoms with E-state index in [1.807, 2.05) is 24.3 Å². The van der Waals surface area contributed by atoms with E-state index in [9.17, 15) is 15.0 Å². The number of para-hydroxylation sites is 2. The van der Waals surface area contributed by atoms with Gasteiger partial charge in [-0.25, -0.2) is 9.78 Å². The summed E-state index contributed by atoms with van der Waals surface area (Å²) in [4.78, 5) is 18.9. The van der Waals surface area contributed by atoms with Crippen molar-refractivity contribution in [3.63, 3.8) is 0 Å². The Labute approximate surface area is 154 Å². The van der Waals surface area contributed by atoms with E-state index in [0.29, 0.717) is 15.2 Å². The summed E-state index contributed by atoms with van der Waals surface area (Å²) in [6, 6.07) is 10.5. The molecule has 0 bridgehead atoms. The predicted molar refractivity (Wildman–Crippen MR) is 98.4 cm³/mol. The fourth-order valence-corrected chi connectivity index (χ4v) is 3.67. The summed E-state index contributed by atoms with van der Waals surface area (Å²) in [6.45, 7) is 0. The van der Waals surface area contributed by atoms with Crippen LogP contribution >= 0.6 is 39.3 Å². The molecule has 0 saturated carbocycles. The first kappa shape index (κ1) is 16.9. The van der Waals surface area contributed by atoms with Crippen LogP contribution in [-0.4, -0.2) is 26.2 Å². The lowest BCUT2D eigenvalue weighted by Crippen LogP contribution is -1.97. The molecule has 0 spiro atoms. The topological polar surface area (TPSA) is 86.2 Å². The number of hydrogen-bond donors (Lipinski definition) is 3. The van der Waals surface area contributed by atoms with Crippen molar-refractivity contribution in [2.75, 3.05) is 0 Å². The van der Waals surface area contributed by atoms with Gasteiger partial charge in [0.15, 0.2) is 5.16 Å². The molecule has 3 N–H and O–H groups in total. The SMILES string of the molecule is O=C(O)/C(=C/c1cc(Br)cc(Cl)c1O)Sc1nc2ccccc2[nH]1. The average molecular weight is 426 g/mol. The highest BCUT2D eigenvalue weighted by molar-refractivity contribution is 9.10. The first-order chi connectivity index (χ1) is 11.4. The van der Waals surface area contributed by atoms with E-state index >= 15 is 0 Å². The number of halogens is 2. The summed E-state index contributed by atoms with van der Waals surface area (Å²) in [7, 11) is 0. The minimum atomic E-state index is -1.13. The maximum Gasteiger partial charge on any atom is 0.342 e. The smallest absolute Gasteiger partial charge is 0.342 e. The van der Waals surface area contributed by atoms with Gasteiger partial charge in [-0.05, 0) is 42.1 Å². The van der Waals surface area contributed by atoms with Gasteiger partial charge in [0, 0.05) is 10.0 Å². The monoisotopic (exact) mass is 424 g/mol. The van der Waals surface area contributed by atoms with Crippen molar-refractivity contribution in [2.24, 2.45) is 0 Å². The van der Waals surface area contributed by atoms with E-state index in [2.05, 4.69) is 25.9 Å². The summed E-state index contributed by atoms with van der Waals surface area (Å²) in [5.41, 5.74) is 1.87. The number of carboxylic acid groups (broad SMARTS) is 1. The zero-order chi connectivity index (χ0) is 17.3. The van der Waals surface area contributed by atoms with Crippen molar-refractivity contribution in [3.8, 4) is 5.75 Å². The molecule has 1 heterocycles. The summed E-state index contributed by atoms with van der Waals surface area (Å²) in [6.07, 6.45) is 1.35. The molecule has 24 heavy (non-hydrogen) atoms. The molecule has 0 aliphatic rings. The molecule has 0 radical (unpaired) electrons. The van der Waals surface area contributed by atoms with Gasteiger partial charge in [0.25, 0.3) is 0 Å². The maximum atomic E-state index is 11.5. The van der Waals surface area contributed by atoms with Crippen LogP contribution in [0, 0.1) is 0 Å². The minimum Gasteiger partial charge on any atom is -0.506 e. The number of carbonyl (C=O) groups is 1. The number of carboxylic acids is 1. The molecule has 0 fully saturated rings. The zero-order valence-electron chi connectivity index (χ0n) is 12.0. The van der Waals surface area contributed by atoms with E-state index in [1.165, 1.54) is 12.1 Å². The van der Waals surface area contributed by atoms with E-state index in [-0.39, 0.29) is 15.7 Å². The van der Waals surface area contributed by atoms with Crippen LogP contribution in [0.15, 0.2) is 50.9 Å². The Morgan fingerprint density at radius 3 is 2.79 bits per heavy atom. The Morgan fingerprint density at radius 2 is 2.08 bits per heavy atom. The molecule has 0 saturated heterocycles. The highest BCUT2D eigenvalue weighted by Crippen LogP contribution is 2.35. The number of hydrogen-bond acceptors (Lipinski definition) is 4. The van der Waals surface area contributed by atoms with Crippen molar-refractivity contribution in [1.29, 1.82) is 0 Å². The molecule has 3 rings (SSSR count). The molecule has 0 amide bonds. The lowest BCUT2D eigenvalue weighted by Gasteiger charge is -2.05. The van der Waals surface area contributed by atoms with Crippen LogP contribution in [-0.2, 0) is 4.79 Å². The van der Waals surface area contributed by atoms with E-state index in [4.69, 9.17) is 11.6 Å². The highest BCUT2D eigenvalue weighted by atomic mass is 79.9. The van der Waals surface area contributed by atoms with Crippen LogP contribution in [0.25, 0.3) is 17.1 Å². The number of imidazole rings is 1. The van der Waals surface area contributed by atoms with Crippen molar-refractivity contribution in [3.05, 3.63) is 56.4 Å². The van der Waals surface area contributed by atoms with Crippen LogP contribution in [0.2, 0.25) is 5.02 Å². The minimum absolute atomic E-state index is 0.00137. The lowest BCUT2D eigenvalue weighted by atomic mass is 10.2. The number of fused-ring (bicyclic) bond motifs is 1. The van der Waals surface area contributed by atoms with Crippen LogP contribution in [0.3, 0.4) is 0 Å². The number of aromatic amines is 1. The van der Waals surface area contributed by atoms with Gasteiger partial charge in [-0.3, -0.25) is 0 Å². The molecule has 3 aromatic rings. The summed E-state index contributed by atoms with van der Waals surface area (Å²) >= 11 is 10.1. The first-order valence-corrected chi connectivity index (χ1v) is 8.68. The first-order valence-electron chi connectivity index (χ1n) is 6.69. The molecule has 0 unspecified atom stereocenters. The van der Waals surface area contributed by atoms with Gasteiger partial charge in [-0.15, -0.1) is 0 Å². The molecule has 0 aliphatic heterocycles. The normalized spacial score (nSPS) is 11.8. The summed E-state index contributed by atoms with van der Waals surface area (Å²) in [5, 5.41) is 20.0. The average Bonchev–Trinajstić information content (AvgIpc) is 2.93. The molecule has 2 aromatic carbocycles. The Hall–Kier alpha value is -1.96. The van der Waals surface area contributed by atoms with E-state index in [0.717, 1.165) is 22.8 Å². The van der Waals surface area contributed by atoms with Gasteiger partial charge in [0.05, 0.1) is 16.1 Å². The molecular weight excluding hydrogens is 416 g/mol. The molecule has 122 valence electrons. The van der Waals surface area contributed by atoms with Crippen LogP contribution in [0.1, 0.15) is 5.56 Å². The van der Waals surface area contributed by atoms with Crippen molar-refractivity contribution in [2.45, 2.75) is 5.16 Å². The highest BCUT2D eigenvalue weighted by Gasteiger charge is 2.15. The standard InChI is InChI=1S/C16H10BrClN2O3S/c17-9-5-8(14(21)10(18)7-9)6-13(15(22)23)24-16-19-11-3-1-2-4-12(11)20-16/h1-7,21H,(H,19,20)(H,22,23)/b13-6-. The zero-order valence-corrected chi connectivity index (χ0v) is 15.1. The number of phenols is 1. The van der Waals surface area contributed by atoms with Gasteiger partial charge in [0.2, 0.25) is 0 Å². The number of aliphatic carboxylic acids is 1. The van der Waals surface area contributed by atoms with Gasteiger partial charge in [-0.2, -0.15) is 0 Å². The van der Waals surface area contributed by atoms with Gasteiger partial charge < -0.3 is 15.2 Å².